The lowest BCUT2D eigenvalue weighted by atomic mass is 9.96. The van der Waals surface area contributed by atoms with E-state index in [0.717, 1.165) is 25.5 Å². The molecule has 2 saturated carbocycles. The van der Waals surface area contributed by atoms with Crippen molar-refractivity contribution in [2.24, 2.45) is 11.8 Å². The van der Waals surface area contributed by atoms with Crippen LogP contribution in [0.1, 0.15) is 25.7 Å². The van der Waals surface area contributed by atoms with Gasteiger partial charge < -0.3 is 9.47 Å². The minimum absolute atomic E-state index is 0.0918. The second kappa shape index (κ2) is 4.04. The molecule has 0 aromatic heterocycles. The van der Waals surface area contributed by atoms with Gasteiger partial charge in [-0.3, -0.25) is 9.59 Å². The van der Waals surface area contributed by atoms with E-state index in [2.05, 4.69) is 11.3 Å². The number of carbonyl (C=O) groups is 2. The Morgan fingerprint density at radius 3 is 2.40 bits per heavy atom. The van der Waals surface area contributed by atoms with E-state index in [1.165, 1.54) is 0 Å². The smallest absolute Gasteiger partial charge is 0.314 e. The van der Waals surface area contributed by atoms with Crippen molar-refractivity contribution in [1.29, 1.82) is 0 Å². The van der Waals surface area contributed by atoms with Gasteiger partial charge in [0.2, 0.25) is 0 Å². The Morgan fingerprint density at radius 1 is 1.20 bits per heavy atom. The van der Waals surface area contributed by atoms with E-state index >= 15 is 0 Å². The zero-order chi connectivity index (χ0) is 10.8. The van der Waals surface area contributed by atoms with Gasteiger partial charge >= 0.3 is 11.9 Å². The van der Waals surface area contributed by atoms with Crippen molar-refractivity contribution in [2.75, 3.05) is 0 Å². The van der Waals surface area contributed by atoms with E-state index in [1.807, 2.05) is 0 Å². The summed E-state index contributed by atoms with van der Waals surface area (Å²) in [5.74, 6) is -1.21. The molecule has 0 aliphatic heterocycles. The highest BCUT2D eigenvalue weighted by molar-refractivity contribution is 5.87. The van der Waals surface area contributed by atoms with Gasteiger partial charge in [0.05, 0.1) is 18.1 Å². The van der Waals surface area contributed by atoms with Gasteiger partial charge in [-0.25, -0.2) is 0 Å². The van der Waals surface area contributed by atoms with Crippen LogP contribution < -0.4 is 0 Å². The summed E-state index contributed by atoms with van der Waals surface area (Å²) in [7, 11) is 0. The third kappa shape index (κ3) is 2.19. The summed E-state index contributed by atoms with van der Waals surface area (Å²) < 4.78 is 9.80. The van der Waals surface area contributed by atoms with E-state index in [0.29, 0.717) is 6.42 Å². The van der Waals surface area contributed by atoms with Crippen molar-refractivity contribution < 1.29 is 19.1 Å². The van der Waals surface area contributed by atoms with Crippen LogP contribution in [0.3, 0.4) is 0 Å². The number of ether oxygens (including phenoxy) is 2. The highest BCUT2D eigenvalue weighted by atomic mass is 16.5. The predicted octanol–water partition coefficient (Wildman–Crippen LogP) is 1.40. The van der Waals surface area contributed by atoms with Gasteiger partial charge in [-0.05, 0) is 25.7 Å². The maximum absolute atomic E-state index is 11.5. The lowest BCUT2D eigenvalue weighted by Gasteiger charge is -2.25. The minimum Gasteiger partial charge on any atom is -0.462 e. The fraction of sp³-hybridized carbons (Fsp3) is 0.636. The molecule has 0 bridgehead atoms. The molecular formula is C11H14O4. The Hall–Kier alpha value is -1.32. The molecule has 4 nitrogen and oxygen atoms in total. The Labute approximate surface area is 88.2 Å². The summed E-state index contributed by atoms with van der Waals surface area (Å²) in [6.07, 6.45) is 4.78. The average Bonchev–Trinajstić information content (AvgIpc) is 2.91. The van der Waals surface area contributed by atoms with Crippen LogP contribution in [-0.2, 0) is 19.1 Å². The molecule has 15 heavy (non-hydrogen) atoms. The summed E-state index contributed by atoms with van der Waals surface area (Å²) in [6, 6.07) is 0. The molecule has 0 aromatic rings. The highest BCUT2D eigenvalue weighted by Gasteiger charge is 2.50. The summed E-state index contributed by atoms with van der Waals surface area (Å²) in [6.45, 7) is 3.29. The van der Waals surface area contributed by atoms with Crippen LogP contribution in [-0.4, -0.2) is 18.0 Å². The van der Waals surface area contributed by atoms with Gasteiger partial charge in [0.25, 0.3) is 0 Å². The van der Waals surface area contributed by atoms with Crippen LogP contribution >= 0.6 is 0 Å². The molecule has 0 heterocycles. The van der Waals surface area contributed by atoms with Crippen LogP contribution in [0.5, 0.6) is 0 Å². The van der Waals surface area contributed by atoms with E-state index in [4.69, 9.17) is 4.74 Å². The molecule has 0 aromatic carbocycles. The fourth-order valence-electron chi connectivity index (χ4n) is 1.63. The molecule has 2 rings (SSSR count). The molecule has 82 valence electrons. The molecule has 4 heteroatoms. The number of carbonyl (C=O) groups excluding carboxylic acids is 2. The van der Waals surface area contributed by atoms with E-state index in [1.54, 1.807) is 0 Å². The Bertz CT molecular complexity index is 293. The molecule has 0 N–H and O–H groups in total. The summed E-state index contributed by atoms with van der Waals surface area (Å²) in [4.78, 5) is 22.7. The maximum Gasteiger partial charge on any atom is 0.314 e. The third-order valence-corrected chi connectivity index (χ3v) is 2.93. The van der Waals surface area contributed by atoms with E-state index < -0.39 is 0 Å². The van der Waals surface area contributed by atoms with Crippen LogP contribution in [0, 0.1) is 11.8 Å². The van der Waals surface area contributed by atoms with Crippen LogP contribution in [0.25, 0.3) is 0 Å². The monoisotopic (exact) mass is 210 g/mol. The topological polar surface area (TPSA) is 52.6 Å². The van der Waals surface area contributed by atoms with Gasteiger partial charge in [0.1, 0.15) is 6.10 Å². The first-order valence-corrected chi connectivity index (χ1v) is 5.24. The third-order valence-electron chi connectivity index (χ3n) is 2.93. The molecule has 2 aliphatic carbocycles. The Kier molecular flexibility index (Phi) is 2.75. The van der Waals surface area contributed by atoms with Crippen LogP contribution in [0.15, 0.2) is 12.8 Å². The zero-order valence-electron chi connectivity index (χ0n) is 8.48. The predicted molar refractivity (Wildman–Crippen MR) is 51.6 cm³/mol. The number of hydrogen-bond donors (Lipinski definition) is 0. The average molecular weight is 210 g/mol. The first-order valence-electron chi connectivity index (χ1n) is 5.24. The molecule has 0 radical (unpaired) electrons. The van der Waals surface area contributed by atoms with E-state index in [-0.39, 0.29) is 29.9 Å². The van der Waals surface area contributed by atoms with Gasteiger partial charge in [0.15, 0.2) is 0 Å². The SMILES string of the molecule is C=COC(=O)C1CC1C(=O)OC1CCC1. The Balaban J connectivity index is 1.74. The normalized spacial score (nSPS) is 28.8. The highest BCUT2D eigenvalue weighted by Crippen LogP contribution is 2.41. The fourth-order valence-corrected chi connectivity index (χ4v) is 1.63. The van der Waals surface area contributed by atoms with Crippen LogP contribution in [0.2, 0.25) is 0 Å². The lowest BCUT2D eigenvalue weighted by Crippen LogP contribution is -2.26. The van der Waals surface area contributed by atoms with Gasteiger partial charge in [0, 0.05) is 0 Å². The number of esters is 2. The van der Waals surface area contributed by atoms with Crippen molar-refractivity contribution in [2.45, 2.75) is 31.8 Å². The number of hydrogen-bond acceptors (Lipinski definition) is 4. The van der Waals surface area contributed by atoms with Gasteiger partial charge in [-0.1, -0.05) is 6.58 Å². The first-order chi connectivity index (χ1) is 7.22. The lowest BCUT2D eigenvalue weighted by molar-refractivity contribution is -0.156. The largest absolute Gasteiger partial charge is 0.462 e. The maximum atomic E-state index is 11.5. The van der Waals surface area contributed by atoms with Crippen molar-refractivity contribution in [3.63, 3.8) is 0 Å². The zero-order valence-corrected chi connectivity index (χ0v) is 8.48. The summed E-state index contributed by atoms with van der Waals surface area (Å²) in [5.41, 5.74) is 0. The van der Waals surface area contributed by atoms with Gasteiger partial charge in [-0.15, -0.1) is 0 Å². The molecule has 0 amide bonds. The standard InChI is InChI=1S/C11H14O4/c1-2-14-10(12)8-6-9(8)11(13)15-7-4-3-5-7/h2,7-9H,1,3-6H2. The molecule has 2 unspecified atom stereocenters. The van der Waals surface area contributed by atoms with Crippen LogP contribution in [0.4, 0.5) is 0 Å². The molecule has 0 saturated heterocycles. The summed E-state index contributed by atoms with van der Waals surface area (Å²) in [5, 5.41) is 0. The minimum atomic E-state index is -0.374. The van der Waals surface area contributed by atoms with E-state index in [9.17, 15) is 9.59 Å². The van der Waals surface area contributed by atoms with Gasteiger partial charge in [-0.2, -0.15) is 0 Å². The number of rotatable bonds is 4. The summed E-state index contributed by atoms with van der Waals surface area (Å²) >= 11 is 0. The quantitative estimate of drug-likeness (QED) is 0.520. The molecule has 0 spiro atoms. The van der Waals surface area contributed by atoms with Crippen molar-refractivity contribution in [3.8, 4) is 0 Å². The molecular weight excluding hydrogens is 196 g/mol. The van der Waals surface area contributed by atoms with Crippen molar-refractivity contribution in [1.82, 2.24) is 0 Å². The molecule has 2 aliphatic rings. The van der Waals surface area contributed by atoms with Crippen molar-refractivity contribution in [3.05, 3.63) is 12.8 Å². The second-order valence-electron chi connectivity index (χ2n) is 4.04. The van der Waals surface area contributed by atoms with Crippen molar-refractivity contribution >= 4 is 11.9 Å². The molecule has 2 fully saturated rings. The first kappa shape index (κ1) is 10.2. The second-order valence-corrected chi connectivity index (χ2v) is 4.04. The molecule has 2 atom stereocenters. The Morgan fingerprint density at radius 2 is 1.87 bits per heavy atom.